The average molecular weight is 285 g/mol. The SMILES string of the molecule is CNc1cccnc1S(=O)(=O)NC1CCCC1OC. The van der Waals surface area contributed by atoms with Crippen molar-refractivity contribution in [3.05, 3.63) is 18.3 Å². The smallest absolute Gasteiger partial charge is 0.260 e. The Balaban J connectivity index is 2.23. The van der Waals surface area contributed by atoms with Crippen LogP contribution in [0, 0.1) is 0 Å². The summed E-state index contributed by atoms with van der Waals surface area (Å²) in [4.78, 5) is 3.96. The van der Waals surface area contributed by atoms with Gasteiger partial charge >= 0.3 is 0 Å². The Hall–Kier alpha value is -1.18. The maximum absolute atomic E-state index is 12.4. The van der Waals surface area contributed by atoms with Crippen molar-refractivity contribution in [2.45, 2.75) is 36.4 Å². The first-order valence-corrected chi connectivity index (χ1v) is 7.74. The zero-order chi connectivity index (χ0) is 13.9. The molecule has 0 bridgehead atoms. The molecule has 1 aromatic rings. The predicted octanol–water partition coefficient (Wildman–Crippen LogP) is 0.969. The topological polar surface area (TPSA) is 80.3 Å². The first kappa shape index (κ1) is 14.2. The summed E-state index contributed by atoms with van der Waals surface area (Å²) in [7, 11) is -0.355. The summed E-state index contributed by atoms with van der Waals surface area (Å²) in [5, 5.41) is 2.87. The normalized spacial score (nSPS) is 23.5. The summed E-state index contributed by atoms with van der Waals surface area (Å²) in [5.41, 5.74) is 0.488. The number of ether oxygens (including phenoxy) is 1. The van der Waals surface area contributed by atoms with Gasteiger partial charge in [-0.3, -0.25) is 0 Å². The molecule has 0 spiro atoms. The van der Waals surface area contributed by atoms with Gasteiger partial charge in [-0.25, -0.2) is 18.1 Å². The zero-order valence-electron chi connectivity index (χ0n) is 11.1. The molecule has 7 heteroatoms. The first-order chi connectivity index (χ1) is 9.08. The third-order valence-corrected chi connectivity index (χ3v) is 4.80. The highest BCUT2D eigenvalue weighted by atomic mass is 32.2. The number of nitrogens with one attached hydrogen (secondary N) is 2. The van der Waals surface area contributed by atoms with Crippen molar-refractivity contribution < 1.29 is 13.2 Å². The lowest BCUT2D eigenvalue weighted by atomic mass is 10.2. The minimum absolute atomic E-state index is 0.0271. The Kier molecular flexibility index (Phi) is 4.38. The van der Waals surface area contributed by atoms with Crippen LogP contribution in [0.3, 0.4) is 0 Å². The van der Waals surface area contributed by atoms with Crippen LogP contribution < -0.4 is 10.0 Å². The van der Waals surface area contributed by atoms with Crippen LogP contribution in [0.25, 0.3) is 0 Å². The van der Waals surface area contributed by atoms with Gasteiger partial charge in [0.2, 0.25) is 0 Å². The van der Waals surface area contributed by atoms with E-state index in [0.29, 0.717) is 5.69 Å². The fourth-order valence-corrected chi connectivity index (χ4v) is 3.83. The van der Waals surface area contributed by atoms with Crippen molar-refractivity contribution in [2.75, 3.05) is 19.5 Å². The fourth-order valence-electron chi connectivity index (χ4n) is 2.39. The molecule has 1 fully saturated rings. The largest absolute Gasteiger partial charge is 0.386 e. The number of anilines is 1. The van der Waals surface area contributed by atoms with E-state index in [-0.39, 0.29) is 17.2 Å². The van der Waals surface area contributed by atoms with E-state index < -0.39 is 10.0 Å². The molecule has 19 heavy (non-hydrogen) atoms. The van der Waals surface area contributed by atoms with Gasteiger partial charge in [0.25, 0.3) is 10.0 Å². The molecule has 2 N–H and O–H groups in total. The fraction of sp³-hybridized carbons (Fsp3) is 0.583. The van der Waals surface area contributed by atoms with Crippen molar-refractivity contribution in [3.8, 4) is 0 Å². The number of nitrogens with zero attached hydrogens (tertiary/aromatic N) is 1. The second-order valence-corrected chi connectivity index (χ2v) is 6.17. The van der Waals surface area contributed by atoms with E-state index in [1.165, 1.54) is 6.20 Å². The molecule has 2 rings (SSSR count). The van der Waals surface area contributed by atoms with E-state index in [1.807, 2.05) is 0 Å². The number of hydrogen-bond acceptors (Lipinski definition) is 5. The van der Waals surface area contributed by atoms with Gasteiger partial charge in [0, 0.05) is 26.4 Å². The van der Waals surface area contributed by atoms with Crippen LogP contribution in [0.2, 0.25) is 0 Å². The maximum atomic E-state index is 12.4. The van der Waals surface area contributed by atoms with Crippen molar-refractivity contribution in [1.29, 1.82) is 0 Å². The monoisotopic (exact) mass is 285 g/mol. The molecule has 1 aliphatic rings. The Morgan fingerprint density at radius 2 is 2.21 bits per heavy atom. The van der Waals surface area contributed by atoms with Gasteiger partial charge in [0.1, 0.15) is 0 Å². The van der Waals surface area contributed by atoms with Gasteiger partial charge in [-0.1, -0.05) is 0 Å². The number of hydrogen-bond donors (Lipinski definition) is 2. The van der Waals surface area contributed by atoms with E-state index in [4.69, 9.17) is 4.74 Å². The molecule has 1 saturated carbocycles. The summed E-state index contributed by atoms with van der Waals surface area (Å²) in [5.74, 6) is 0. The maximum Gasteiger partial charge on any atom is 0.260 e. The molecule has 0 radical (unpaired) electrons. The van der Waals surface area contributed by atoms with Crippen molar-refractivity contribution in [3.63, 3.8) is 0 Å². The summed E-state index contributed by atoms with van der Waals surface area (Å²) < 4.78 is 32.7. The van der Waals surface area contributed by atoms with Gasteiger partial charge in [-0.05, 0) is 31.4 Å². The molecule has 2 atom stereocenters. The second-order valence-electron chi connectivity index (χ2n) is 4.54. The number of aromatic nitrogens is 1. The molecule has 0 aromatic carbocycles. The second kappa shape index (κ2) is 5.85. The van der Waals surface area contributed by atoms with Gasteiger partial charge in [-0.15, -0.1) is 0 Å². The highest BCUT2D eigenvalue weighted by molar-refractivity contribution is 7.89. The molecule has 0 aliphatic heterocycles. The highest BCUT2D eigenvalue weighted by Crippen LogP contribution is 2.24. The number of pyridine rings is 1. The van der Waals surface area contributed by atoms with Crippen LogP contribution in [0.15, 0.2) is 23.4 Å². The Labute approximate surface area is 113 Å². The molecular formula is C12H19N3O3S. The molecule has 0 amide bonds. The summed E-state index contributed by atoms with van der Waals surface area (Å²) in [6.07, 6.45) is 4.05. The van der Waals surface area contributed by atoms with E-state index in [0.717, 1.165) is 19.3 Å². The number of sulfonamides is 1. The van der Waals surface area contributed by atoms with Gasteiger partial charge in [-0.2, -0.15) is 0 Å². The minimum atomic E-state index is -3.63. The number of rotatable bonds is 5. The van der Waals surface area contributed by atoms with Gasteiger partial charge in [0.05, 0.1) is 11.8 Å². The van der Waals surface area contributed by atoms with Crippen LogP contribution in [0.5, 0.6) is 0 Å². The van der Waals surface area contributed by atoms with E-state index in [9.17, 15) is 8.42 Å². The third-order valence-electron chi connectivity index (χ3n) is 3.36. The van der Waals surface area contributed by atoms with Gasteiger partial charge < -0.3 is 10.1 Å². The zero-order valence-corrected chi connectivity index (χ0v) is 11.9. The Morgan fingerprint density at radius 3 is 2.89 bits per heavy atom. The molecule has 1 aliphatic carbocycles. The third kappa shape index (κ3) is 3.05. The van der Waals surface area contributed by atoms with Crippen LogP contribution >= 0.6 is 0 Å². The molecule has 2 unspecified atom stereocenters. The molecular weight excluding hydrogens is 266 g/mol. The lowest BCUT2D eigenvalue weighted by Gasteiger charge is -2.20. The van der Waals surface area contributed by atoms with E-state index in [1.54, 1.807) is 26.3 Å². The molecule has 106 valence electrons. The van der Waals surface area contributed by atoms with Crippen molar-refractivity contribution >= 4 is 15.7 Å². The predicted molar refractivity (Wildman–Crippen MR) is 72.5 cm³/mol. The lowest BCUT2D eigenvalue weighted by molar-refractivity contribution is 0.0916. The van der Waals surface area contributed by atoms with Crippen LogP contribution in [-0.2, 0) is 14.8 Å². The number of methoxy groups -OCH3 is 1. The average Bonchev–Trinajstić information content (AvgIpc) is 2.85. The van der Waals surface area contributed by atoms with E-state index >= 15 is 0 Å². The standard InChI is InChI=1S/C12H19N3O3S/c1-13-10-6-4-8-14-12(10)19(16,17)15-9-5-3-7-11(9)18-2/h4,6,8-9,11,13,15H,3,5,7H2,1-2H3. The molecule has 1 heterocycles. The highest BCUT2D eigenvalue weighted by Gasteiger charge is 2.32. The molecule has 0 saturated heterocycles. The van der Waals surface area contributed by atoms with Crippen LogP contribution in [0.1, 0.15) is 19.3 Å². The van der Waals surface area contributed by atoms with Crippen molar-refractivity contribution in [1.82, 2.24) is 9.71 Å². The molecule has 6 nitrogen and oxygen atoms in total. The quantitative estimate of drug-likeness (QED) is 0.842. The summed E-state index contributed by atoms with van der Waals surface area (Å²) in [6, 6.07) is 3.20. The van der Waals surface area contributed by atoms with E-state index in [2.05, 4.69) is 15.0 Å². The molecule has 1 aromatic heterocycles. The Bertz CT molecular complexity index is 533. The lowest BCUT2D eigenvalue weighted by Crippen LogP contribution is -2.41. The Morgan fingerprint density at radius 1 is 1.42 bits per heavy atom. The van der Waals surface area contributed by atoms with Crippen LogP contribution in [-0.4, -0.2) is 39.7 Å². The summed E-state index contributed by atoms with van der Waals surface area (Å²) in [6.45, 7) is 0. The van der Waals surface area contributed by atoms with Crippen LogP contribution in [0.4, 0.5) is 5.69 Å². The van der Waals surface area contributed by atoms with Gasteiger partial charge in [0.15, 0.2) is 5.03 Å². The summed E-state index contributed by atoms with van der Waals surface area (Å²) >= 11 is 0. The van der Waals surface area contributed by atoms with Crippen molar-refractivity contribution in [2.24, 2.45) is 0 Å². The minimum Gasteiger partial charge on any atom is -0.386 e. The first-order valence-electron chi connectivity index (χ1n) is 6.26.